The molecule has 2 saturated heterocycles. The van der Waals surface area contributed by atoms with E-state index < -0.39 is 0 Å². The summed E-state index contributed by atoms with van der Waals surface area (Å²) in [5.41, 5.74) is 1.16. The van der Waals surface area contributed by atoms with Crippen LogP contribution in [0.3, 0.4) is 0 Å². The Balaban J connectivity index is 1.58. The summed E-state index contributed by atoms with van der Waals surface area (Å²) in [5, 5.41) is 0. The van der Waals surface area contributed by atoms with Gasteiger partial charge in [-0.1, -0.05) is 6.42 Å². The van der Waals surface area contributed by atoms with Gasteiger partial charge in [0.2, 0.25) is 0 Å². The van der Waals surface area contributed by atoms with E-state index in [1.807, 2.05) is 12.4 Å². The lowest BCUT2D eigenvalue weighted by atomic mass is 10.0. The van der Waals surface area contributed by atoms with E-state index in [0.717, 1.165) is 45.0 Å². The van der Waals surface area contributed by atoms with Crippen molar-refractivity contribution >= 4 is 0 Å². The third-order valence-electron chi connectivity index (χ3n) is 4.57. The van der Waals surface area contributed by atoms with Crippen molar-refractivity contribution in [3.63, 3.8) is 0 Å². The van der Waals surface area contributed by atoms with Gasteiger partial charge in [-0.05, 0) is 19.4 Å². The van der Waals surface area contributed by atoms with Crippen LogP contribution in [0.15, 0.2) is 12.4 Å². The van der Waals surface area contributed by atoms with E-state index in [4.69, 9.17) is 9.47 Å². The molecule has 0 spiro atoms. The molecule has 1 aromatic heterocycles. The minimum atomic E-state index is 0.437. The van der Waals surface area contributed by atoms with Crippen LogP contribution in [0.5, 0.6) is 6.01 Å². The van der Waals surface area contributed by atoms with Crippen molar-refractivity contribution in [2.75, 3.05) is 46.5 Å². The Bertz CT molecular complexity index is 448. The second kappa shape index (κ2) is 7.85. The Hall–Kier alpha value is -1.24. The molecule has 1 aromatic rings. The zero-order valence-corrected chi connectivity index (χ0v) is 13.4. The first kappa shape index (κ1) is 15.6. The zero-order valence-electron chi connectivity index (χ0n) is 13.4. The van der Waals surface area contributed by atoms with Crippen molar-refractivity contribution in [3.05, 3.63) is 18.0 Å². The maximum Gasteiger partial charge on any atom is 0.316 e. The molecular weight excluding hydrogens is 280 g/mol. The summed E-state index contributed by atoms with van der Waals surface area (Å²) in [4.78, 5) is 13.6. The molecule has 22 heavy (non-hydrogen) atoms. The van der Waals surface area contributed by atoms with Gasteiger partial charge in [0.1, 0.15) is 0 Å². The monoisotopic (exact) mass is 306 g/mol. The average molecular weight is 306 g/mol. The highest BCUT2D eigenvalue weighted by atomic mass is 16.5. The molecule has 3 heterocycles. The molecule has 122 valence electrons. The van der Waals surface area contributed by atoms with Gasteiger partial charge in [0.15, 0.2) is 0 Å². The molecule has 0 bridgehead atoms. The van der Waals surface area contributed by atoms with Crippen molar-refractivity contribution in [1.82, 2.24) is 19.8 Å². The maximum atomic E-state index is 5.45. The fourth-order valence-electron chi connectivity index (χ4n) is 3.32. The molecule has 0 aromatic carbocycles. The Morgan fingerprint density at radius 1 is 1.18 bits per heavy atom. The van der Waals surface area contributed by atoms with Crippen molar-refractivity contribution in [3.8, 4) is 6.01 Å². The number of rotatable bonds is 5. The summed E-state index contributed by atoms with van der Waals surface area (Å²) in [5.74, 6) is 0. The van der Waals surface area contributed by atoms with Gasteiger partial charge < -0.3 is 9.47 Å². The van der Waals surface area contributed by atoms with Crippen LogP contribution in [0.25, 0.3) is 0 Å². The summed E-state index contributed by atoms with van der Waals surface area (Å²) in [6, 6.07) is 1.07. The van der Waals surface area contributed by atoms with Crippen LogP contribution in [0.2, 0.25) is 0 Å². The smallest absolute Gasteiger partial charge is 0.316 e. The predicted octanol–water partition coefficient (Wildman–Crippen LogP) is 1.17. The zero-order chi connectivity index (χ0) is 15.2. The number of likely N-dealkylation sites (tertiary alicyclic amines) is 1. The van der Waals surface area contributed by atoms with E-state index in [1.165, 1.54) is 25.8 Å². The molecular formula is C16H26N4O2. The molecule has 0 N–H and O–H groups in total. The molecule has 2 aliphatic rings. The first-order valence-electron chi connectivity index (χ1n) is 8.24. The van der Waals surface area contributed by atoms with Gasteiger partial charge in [0.25, 0.3) is 0 Å². The van der Waals surface area contributed by atoms with Crippen molar-refractivity contribution in [2.24, 2.45) is 0 Å². The van der Waals surface area contributed by atoms with Gasteiger partial charge in [-0.2, -0.15) is 0 Å². The first-order chi connectivity index (χ1) is 10.8. The first-order valence-corrected chi connectivity index (χ1v) is 8.24. The number of ether oxygens (including phenoxy) is 2. The van der Waals surface area contributed by atoms with Crippen LogP contribution in [-0.2, 0) is 11.3 Å². The van der Waals surface area contributed by atoms with Crippen molar-refractivity contribution in [1.29, 1.82) is 0 Å². The van der Waals surface area contributed by atoms with E-state index in [1.54, 1.807) is 7.11 Å². The Labute approximate surface area is 132 Å². The van der Waals surface area contributed by atoms with Crippen LogP contribution in [0, 0.1) is 0 Å². The molecule has 1 atom stereocenters. The summed E-state index contributed by atoms with van der Waals surface area (Å²) in [6.07, 6.45) is 7.67. The second-order valence-corrected chi connectivity index (χ2v) is 6.11. The van der Waals surface area contributed by atoms with Crippen molar-refractivity contribution < 1.29 is 9.47 Å². The Morgan fingerprint density at radius 2 is 1.95 bits per heavy atom. The van der Waals surface area contributed by atoms with Gasteiger partial charge in [0, 0.05) is 50.2 Å². The highest BCUT2D eigenvalue weighted by molar-refractivity contribution is 5.07. The summed E-state index contributed by atoms with van der Waals surface area (Å²) in [7, 11) is 1.60. The Kier molecular flexibility index (Phi) is 5.58. The molecule has 6 heteroatoms. The normalized spacial score (nSPS) is 24.3. The van der Waals surface area contributed by atoms with Crippen LogP contribution in [0.4, 0.5) is 0 Å². The van der Waals surface area contributed by atoms with Crippen LogP contribution < -0.4 is 4.74 Å². The fraction of sp³-hybridized carbons (Fsp3) is 0.750. The van der Waals surface area contributed by atoms with E-state index in [2.05, 4.69) is 19.8 Å². The number of aromatic nitrogens is 2. The number of hydrogen-bond acceptors (Lipinski definition) is 6. The SMILES string of the molecule is COc1ncc(CN2CCCCC2CN2CCOCC2)cn1. The summed E-state index contributed by atoms with van der Waals surface area (Å²) in [6.45, 7) is 7.13. The lowest BCUT2D eigenvalue weighted by molar-refractivity contribution is 0.0153. The van der Waals surface area contributed by atoms with Crippen LogP contribution in [-0.4, -0.2) is 72.3 Å². The third kappa shape index (κ3) is 4.15. The van der Waals surface area contributed by atoms with Gasteiger partial charge >= 0.3 is 6.01 Å². The predicted molar refractivity (Wildman–Crippen MR) is 83.9 cm³/mol. The summed E-state index contributed by atoms with van der Waals surface area (Å²) >= 11 is 0. The number of morpholine rings is 1. The van der Waals surface area contributed by atoms with Gasteiger partial charge in [-0.25, -0.2) is 9.97 Å². The summed E-state index contributed by atoms with van der Waals surface area (Å²) < 4.78 is 10.5. The van der Waals surface area contributed by atoms with Crippen LogP contribution >= 0.6 is 0 Å². The average Bonchev–Trinajstić information content (AvgIpc) is 2.58. The number of hydrogen-bond donors (Lipinski definition) is 0. The highest BCUT2D eigenvalue weighted by Crippen LogP contribution is 2.21. The van der Waals surface area contributed by atoms with Gasteiger partial charge in [0.05, 0.1) is 20.3 Å². The van der Waals surface area contributed by atoms with E-state index in [9.17, 15) is 0 Å². The van der Waals surface area contributed by atoms with E-state index in [-0.39, 0.29) is 0 Å². The minimum absolute atomic E-state index is 0.437. The molecule has 0 amide bonds. The molecule has 0 saturated carbocycles. The lowest BCUT2D eigenvalue weighted by Crippen LogP contribution is -2.49. The standard InChI is InChI=1S/C16H26N4O2/c1-21-16-17-10-14(11-18-16)12-20-5-3-2-4-15(20)13-19-6-8-22-9-7-19/h10-11,15H,2-9,12-13H2,1H3. The molecule has 1 unspecified atom stereocenters. The molecule has 3 rings (SSSR count). The number of nitrogens with zero attached hydrogens (tertiary/aromatic N) is 4. The largest absolute Gasteiger partial charge is 0.467 e. The maximum absolute atomic E-state index is 5.45. The molecule has 2 fully saturated rings. The number of piperidine rings is 1. The fourth-order valence-corrected chi connectivity index (χ4v) is 3.32. The molecule has 0 aliphatic carbocycles. The van der Waals surface area contributed by atoms with E-state index >= 15 is 0 Å². The van der Waals surface area contributed by atoms with Crippen LogP contribution in [0.1, 0.15) is 24.8 Å². The minimum Gasteiger partial charge on any atom is -0.467 e. The highest BCUT2D eigenvalue weighted by Gasteiger charge is 2.25. The van der Waals surface area contributed by atoms with E-state index in [0.29, 0.717) is 12.1 Å². The quantitative estimate of drug-likeness (QED) is 0.814. The topological polar surface area (TPSA) is 50.7 Å². The third-order valence-corrected chi connectivity index (χ3v) is 4.57. The van der Waals surface area contributed by atoms with Gasteiger partial charge in [-0.15, -0.1) is 0 Å². The number of methoxy groups -OCH3 is 1. The second-order valence-electron chi connectivity index (χ2n) is 6.11. The molecule has 0 radical (unpaired) electrons. The molecule has 6 nitrogen and oxygen atoms in total. The van der Waals surface area contributed by atoms with Crippen molar-refractivity contribution in [2.45, 2.75) is 31.8 Å². The van der Waals surface area contributed by atoms with Gasteiger partial charge in [-0.3, -0.25) is 9.80 Å². The Morgan fingerprint density at radius 3 is 2.68 bits per heavy atom. The molecule has 2 aliphatic heterocycles. The lowest BCUT2D eigenvalue weighted by Gasteiger charge is -2.39.